The van der Waals surface area contributed by atoms with Crippen LogP contribution in [-0.2, 0) is 11.3 Å². The van der Waals surface area contributed by atoms with Crippen molar-refractivity contribution in [3.8, 4) is 11.4 Å². The van der Waals surface area contributed by atoms with Crippen LogP contribution in [0.1, 0.15) is 19.8 Å². The Hall–Kier alpha value is -2.44. The molecule has 3 heterocycles. The number of likely N-dealkylation sites (N-methyl/N-ethyl adjacent to an activating group) is 1. The second kappa shape index (κ2) is 8.29. The number of benzene rings is 1. The molecule has 146 valence electrons. The van der Waals surface area contributed by atoms with Crippen molar-refractivity contribution in [1.29, 1.82) is 0 Å². The molecule has 1 aliphatic rings. The maximum absolute atomic E-state index is 12.8. The zero-order chi connectivity index (χ0) is 19.5. The number of hydrogen-bond donors (Lipinski definition) is 1. The number of hydrogen-bond acceptors (Lipinski definition) is 4. The summed E-state index contributed by atoms with van der Waals surface area (Å²) in [5, 5.41) is 3.83. The summed E-state index contributed by atoms with van der Waals surface area (Å²) in [5.74, 6) is 0.682. The number of halogens is 1. The molecule has 0 bridgehead atoms. The Morgan fingerprint density at radius 3 is 3.04 bits per heavy atom. The Morgan fingerprint density at radius 2 is 2.21 bits per heavy atom. The van der Waals surface area contributed by atoms with Gasteiger partial charge in [0.05, 0.1) is 0 Å². The van der Waals surface area contributed by atoms with Crippen molar-refractivity contribution in [2.45, 2.75) is 32.4 Å². The van der Waals surface area contributed by atoms with Gasteiger partial charge in [-0.15, -0.1) is 0 Å². The van der Waals surface area contributed by atoms with Gasteiger partial charge < -0.3 is 10.2 Å². The van der Waals surface area contributed by atoms with Crippen molar-refractivity contribution >= 4 is 28.7 Å². The van der Waals surface area contributed by atoms with Gasteiger partial charge in [-0.1, -0.05) is 30.7 Å². The van der Waals surface area contributed by atoms with E-state index in [1.807, 2.05) is 41.0 Å². The third-order valence-electron chi connectivity index (χ3n) is 5.21. The van der Waals surface area contributed by atoms with E-state index in [0.29, 0.717) is 16.5 Å². The average molecular weight is 398 g/mol. The van der Waals surface area contributed by atoms with Crippen LogP contribution in [0, 0.1) is 0 Å². The molecule has 0 radical (unpaired) electrons. The van der Waals surface area contributed by atoms with Crippen LogP contribution in [0.3, 0.4) is 0 Å². The number of aromatic nitrogens is 3. The minimum absolute atomic E-state index is 0.0174. The molecule has 0 saturated carbocycles. The van der Waals surface area contributed by atoms with Crippen LogP contribution >= 0.6 is 11.6 Å². The van der Waals surface area contributed by atoms with Gasteiger partial charge in [0.1, 0.15) is 17.9 Å². The maximum atomic E-state index is 12.8. The van der Waals surface area contributed by atoms with Crippen molar-refractivity contribution in [3.63, 3.8) is 0 Å². The summed E-state index contributed by atoms with van der Waals surface area (Å²) in [5.41, 5.74) is 2.33. The number of rotatable bonds is 5. The molecule has 7 heteroatoms. The van der Waals surface area contributed by atoms with E-state index in [4.69, 9.17) is 16.6 Å². The lowest BCUT2D eigenvalue weighted by molar-refractivity contribution is -0.122. The van der Waals surface area contributed by atoms with E-state index in [1.54, 1.807) is 6.20 Å². The summed E-state index contributed by atoms with van der Waals surface area (Å²) in [6.07, 6.45) is 3.86. The van der Waals surface area contributed by atoms with Crippen molar-refractivity contribution < 1.29 is 4.79 Å². The van der Waals surface area contributed by atoms with Gasteiger partial charge in [0.25, 0.3) is 0 Å². The lowest BCUT2D eigenvalue weighted by atomic mass is 10.1. The highest BCUT2D eigenvalue weighted by atomic mass is 35.5. The molecule has 1 amide bonds. The first kappa shape index (κ1) is 18.9. The molecule has 1 saturated heterocycles. The van der Waals surface area contributed by atoms with Gasteiger partial charge in [-0.3, -0.25) is 9.36 Å². The van der Waals surface area contributed by atoms with E-state index in [-0.39, 0.29) is 18.5 Å². The van der Waals surface area contributed by atoms with Gasteiger partial charge >= 0.3 is 0 Å². The van der Waals surface area contributed by atoms with Gasteiger partial charge in [-0.05, 0) is 50.2 Å². The SMILES string of the molecule is CCN1CCCC(NC(=O)Cn2c(-c3cccc(Cl)c3)nc3cccnc32)C1. The molecule has 4 rings (SSSR count). The Morgan fingerprint density at radius 1 is 1.32 bits per heavy atom. The van der Waals surface area contributed by atoms with E-state index in [2.05, 4.69) is 22.1 Å². The van der Waals surface area contributed by atoms with Crippen LogP contribution in [0.4, 0.5) is 0 Å². The molecule has 1 aromatic carbocycles. The highest BCUT2D eigenvalue weighted by Crippen LogP contribution is 2.25. The maximum Gasteiger partial charge on any atom is 0.240 e. The lowest BCUT2D eigenvalue weighted by Gasteiger charge is -2.32. The smallest absolute Gasteiger partial charge is 0.240 e. The monoisotopic (exact) mass is 397 g/mol. The van der Waals surface area contributed by atoms with Crippen molar-refractivity contribution in [3.05, 3.63) is 47.6 Å². The standard InChI is InChI=1S/C21H24ClN5O/c1-2-26-11-5-8-17(13-26)24-19(28)14-27-20(15-6-3-7-16(22)12-15)25-18-9-4-10-23-21(18)27/h3-4,6-7,9-10,12,17H,2,5,8,11,13-14H2,1H3,(H,24,28). The quantitative estimate of drug-likeness (QED) is 0.717. The molecule has 2 aromatic heterocycles. The van der Waals surface area contributed by atoms with Gasteiger partial charge in [0.15, 0.2) is 5.65 Å². The van der Waals surface area contributed by atoms with Crippen LogP contribution in [0.25, 0.3) is 22.6 Å². The van der Waals surface area contributed by atoms with E-state index in [1.165, 1.54) is 0 Å². The summed E-state index contributed by atoms with van der Waals surface area (Å²) >= 11 is 6.17. The second-order valence-corrected chi connectivity index (χ2v) is 7.61. The number of carbonyl (C=O) groups is 1. The minimum atomic E-state index is -0.0174. The number of carbonyl (C=O) groups excluding carboxylic acids is 1. The Kier molecular flexibility index (Phi) is 5.59. The molecule has 1 fully saturated rings. The molecule has 1 aliphatic heterocycles. The van der Waals surface area contributed by atoms with E-state index in [9.17, 15) is 4.79 Å². The highest BCUT2D eigenvalue weighted by molar-refractivity contribution is 6.30. The lowest BCUT2D eigenvalue weighted by Crippen LogP contribution is -2.48. The average Bonchev–Trinajstić information content (AvgIpc) is 3.06. The molecule has 0 spiro atoms. The fourth-order valence-electron chi connectivity index (χ4n) is 3.83. The fraction of sp³-hybridized carbons (Fsp3) is 0.381. The molecule has 3 aromatic rings. The van der Waals surface area contributed by atoms with Gasteiger partial charge in [0, 0.05) is 29.4 Å². The molecule has 28 heavy (non-hydrogen) atoms. The van der Waals surface area contributed by atoms with Crippen LogP contribution in [0.15, 0.2) is 42.6 Å². The number of nitrogens with zero attached hydrogens (tertiary/aromatic N) is 4. The molecule has 1 N–H and O–H groups in total. The number of nitrogens with one attached hydrogen (secondary N) is 1. The van der Waals surface area contributed by atoms with Gasteiger partial charge in [-0.25, -0.2) is 9.97 Å². The highest BCUT2D eigenvalue weighted by Gasteiger charge is 2.22. The normalized spacial score (nSPS) is 17.7. The van der Waals surface area contributed by atoms with Crippen LogP contribution < -0.4 is 5.32 Å². The second-order valence-electron chi connectivity index (χ2n) is 7.18. The van der Waals surface area contributed by atoms with E-state index in [0.717, 1.165) is 43.6 Å². The van der Waals surface area contributed by atoms with E-state index >= 15 is 0 Å². The van der Waals surface area contributed by atoms with Crippen molar-refractivity contribution in [2.75, 3.05) is 19.6 Å². The van der Waals surface area contributed by atoms with Crippen molar-refractivity contribution in [1.82, 2.24) is 24.8 Å². The first-order valence-corrected chi connectivity index (χ1v) is 10.1. The predicted molar refractivity (Wildman–Crippen MR) is 111 cm³/mol. The summed E-state index contributed by atoms with van der Waals surface area (Å²) in [4.78, 5) is 24.4. The largest absolute Gasteiger partial charge is 0.351 e. The molecule has 1 atom stereocenters. The number of likely N-dealkylation sites (tertiary alicyclic amines) is 1. The fourth-order valence-corrected chi connectivity index (χ4v) is 4.02. The first-order chi connectivity index (χ1) is 13.6. The number of piperidine rings is 1. The predicted octanol–water partition coefficient (Wildman–Crippen LogP) is 3.35. The van der Waals surface area contributed by atoms with Crippen LogP contribution in [0.2, 0.25) is 5.02 Å². The molecular weight excluding hydrogens is 374 g/mol. The number of amides is 1. The Bertz CT molecular complexity index is 986. The molecule has 1 unspecified atom stereocenters. The van der Waals surface area contributed by atoms with Crippen molar-refractivity contribution in [2.24, 2.45) is 0 Å². The van der Waals surface area contributed by atoms with Gasteiger partial charge in [0.2, 0.25) is 5.91 Å². The van der Waals surface area contributed by atoms with E-state index < -0.39 is 0 Å². The molecule has 0 aliphatic carbocycles. The molecular formula is C21H24ClN5O. The Balaban J connectivity index is 1.60. The third-order valence-corrected chi connectivity index (χ3v) is 5.44. The zero-order valence-corrected chi connectivity index (χ0v) is 16.7. The topological polar surface area (TPSA) is 63.1 Å². The Labute approximate surface area is 169 Å². The first-order valence-electron chi connectivity index (χ1n) is 9.73. The molecule has 6 nitrogen and oxygen atoms in total. The third kappa shape index (κ3) is 4.03. The van der Waals surface area contributed by atoms with Crippen LogP contribution in [-0.4, -0.2) is 51.0 Å². The van der Waals surface area contributed by atoms with Gasteiger partial charge in [-0.2, -0.15) is 0 Å². The summed E-state index contributed by atoms with van der Waals surface area (Å²) < 4.78 is 1.87. The zero-order valence-electron chi connectivity index (χ0n) is 15.9. The number of imidazole rings is 1. The summed E-state index contributed by atoms with van der Waals surface area (Å²) in [6, 6.07) is 11.5. The summed E-state index contributed by atoms with van der Waals surface area (Å²) in [7, 11) is 0. The van der Waals surface area contributed by atoms with Crippen LogP contribution in [0.5, 0.6) is 0 Å². The number of pyridine rings is 1. The number of fused-ring (bicyclic) bond motifs is 1. The minimum Gasteiger partial charge on any atom is -0.351 e. The summed E-state index contributed by atoms with van der Waals surface area (Å²) in [6.45, 7) is 5.37.